The van der Waals surface area contributed by atoms with Crippen LogP contribution in [-0.4, -0.2) is 27.6 Å². The third kappa shape index (κ3) is 9.20. The van der Waals surface area contributed by atoms with Crippen molar-refractivity contribution in [1.82, 2.24) is 5.32 Å². The van der Waals surface area contributed by atoms with Crippen molar-refractivity contribution in [2.75, 3.05) is 12.3 Å². The van der Waals surface area contributed by atoms with Gasteiger partial charge in [-0.1, -0.05) is 60.5 Å². The maximum atomic E-state index is 12.8. The topological polar surface area (TPSA) is 66.4 Å². The monoisotopic (exact) mass is 525 g/mol. The molecule has 0 fully saturated rings. The zero-order valence-corrected chi connectivity index (χ0v) is 22.7. The molecule has 0 saturated carbocycles. The van der Waals surface area contributed by atoms with Crippen molar-refractivity contribution in [2.45, 2.75) is 63.3 Å². The molecular weight excluding hydrogens is 490 g/mol. The average Bonchev–Trinajstić information content (AvgIpc) is 2.86. The van der Waals surface area contributed by atoms with E-state index in [1.54, 1.807) is 0 Å². The molecule has 0 aliphatic heterocycles. The molecule has 3 aromatic rings. The maximum Gasteiger partial charge on any atom is 0.304 e. The van der Waals surface area contributed by atoms with Gasteiger partial charge in [-0.3, -0.25) is 9.00 Å². The molecule has 0 aromatic heterocycles. The van der Waals surface area contributed by atoms with Crippen molar-refractivity contribution in [3.05, 3.63) is 99.6 Å². The fourth-order valence-electron chi connectivity index (χ4n) is 4.29. The first-order valence-corrected chi connectivity index (χ1v) is 14.2. The van der Waals surface area contributed by atoms with Gasteiger partial charge in [0.1, 0.15) is 0 Å². The minimum Gasteiger partial charge on any atom is -0.481 e. The quantitative estimate of drug-likeness (QED) is 0.226. The molecule has 3 aromatic carbocycles. The van der Waals surface area contributed by atoms with Gasteiger partial charge in [0.05, 0.1) is 17.2 Å². The molecule has 2 N–H and O–H groups in total. The summed E-state index contributed by atoms with van der Waals surface area (Å²) in [4.78, 5) is 11.4. The third-order valence-corrected chi connectivity index (χ3v) is 8.23. The van der Waals surface area contributed by atoms with E-state index in [0.717, 1.165) is 41.2 Å². The molecule has 2 atom stereocenters. The second kappa shape index (κ2) is 14.3. The Bertz CT molecular complexity index is 1160. The van der Waals surface area contributed by atoms with Gasteiger partial charge in [0, 0.05) is 28.8 Å². The van der Waals surface area contributed by atoms with E-state index in [2.05, 4.69) is 49.5 Å². The summed E-state index contributed by atoms with van der Waals surface area (Å²) in [6.07, 6.45) is 3.98. The molecule has 0 aliphatic rings. The van der Waals surface area contributed by atoms with Crippen LogP contribution in [-0.2, 0) is 28.6 Å². The Morgan fingerprint density at radius 3 is 2.42 bits per heavy atom. The number of nitrogens with one attached hydrogen (secondary N) is 1. The number of carboxylic acids is 1. The van der Waals surface area contributed by atoms with Crippen molar-refractivity contribution in [3.8, 4) is 0 Å². The van der Waals surface area contributed by atoms with Gasteiger partial charge < -0.3 is 10.4 Å². The number of carboxylic acid groups (broad SMARTS) is 1. The van der Waals surface area contributed by atoms with Gasteiger partial charge in [-0.05, 0) is 91.1 Å². The van der Waals surface area contributed by atoms with Crippen LogP contribution >= 0.6 is 11.6 Å². The number of carbonyl (C=O) groups is 1. The van der Waals surface area contributed by atoms with Crippen molar-refractivity contribution in [2.24, 2.45) is 0 Å². The van der Waals surface area contributed by atoms with Crippen LogP contribution in [0.3, 0.4) is 0 Å². The van der Waals surface area contributed by atoms with E-state index < -0.39 is 16.8 Å². The summed E-state index contributed by atoms with van der Waals surface area (Å²) in [5, 5.41) is 12.6. The standard InChI is InChI=1S/C30H36ClNO3S/c1-22-9-10-25(18-23(22)2)19-26(27-7-5-8-28(31)20-27)6-3-4-17-36(35)29-13-11-24(12-14-29)21-32-16-15-30(33)34/h5,7-14,18,20,26,32H,3-4,6,15-17,19,21H2,1-2H3,(H,33,34). The van der Waals surface area contributed by atoms with Gasteiger partial charge in [-0.25, -0.2) is 0 Å². The second-order valence-electron chi connectivity index (χ2n) is 9.38. The number of halogens is 1. The summed E-state index contributed by atoms with van der Waals surface area (Å²) in [6.45, 7) is 5.33. The highest BCUT2D eigenvalue weighted by Crippen LogP contribution is 2.29. The summed E-state index contributed by atoms with van der Waals surface area (Å²) >= 11 is 6.30. The van der Waals surface area contributed by atoms with E-state index in [4.69, 9.17) is 16.7 Å². The SMILES string of the molecule is Cc1ccc(CC(CCCCS(=O)c2ccc(CNCCC(=O)O)cc2)c2cccc(Cl)c2)cc1C. The van der Waals surface area contributed by atoms with E-state index in [0.29, 0.717) is 24.8 Å². The molecule has 4 nitrogen and oxygen atoms in total. The largest absolute Gasteiger partial charge is 0.481 e. The van der Waals surface area contributed by atoms with Gasteiger partial charge in [0.15, 0.2) is 0 Å². The number of unbranched alkanes of at least 4 members (excludes halogenated alkanes) is 1. The molecule has 6 heteroatoms. The third-order valence-electron chi connectivity index (χ3n) is 6.54. The van der Waals surface area contributed by atoms with Gasteiger partial charge in [-0.15, -0.1) is 0 Å². The molecular formula is C30H36ClNO3S. The number of hydrogen-bond acceptors (Lipinski definition) is 3. The zero-order chi connectivity index (χ0) is 25.9. The number of aryl methyl sites for hydroxylation is 2. The summed E-state index contributed by atoms with van der Waals surface area (Å²) in [6, 6.07) is 22.6. The molecule has 0 amide bonds. The van der Waals surface area contributed by atoms with E-state index in [1.165, 1.54) is 22.3 Å². The first-order chi connectivity index (χ1) is 17.3. The van der Waals surface area contributed by atoms with Crippen LogP contribution in [0, 0.1) is 13.8 Å². The van der Waals surface area contributed by atoms with E-state index >= 15 is 0 Å². The molecule has 0 radical (unpaired) electrons. The maximum absolute atomic E-state index is 12.8. The van der Waals surface area contributed by atoms with Crippen molar-refractivity contribution in [1.29, 1.82) is 0 Å². The lowest BCUT2D eigenvalue weighted by Gasteiger charge is -2.19. The van der Waals surface area contributed by atoms with Crippen molar-refractivity contribution >= 4 is 28.4 Å². The highest BCUT2D eigenvalue weighted by atomic mass is 35.5. The summed E-state index contributed by atoms with van der Waals surface area (Å²) in [7, 11) is -1.03. The van der Waals surface area contributed by atoms with Crippen molar-refractivity contribution in [3.63, 3.8) is 0 Å². The average molecular weight is 526 g/mol. The Labute approximate surface area is 222 Å². The Balaban J connectivity index is 1.51. The molecule has 3 rings (SSSR count). The Kier molecular flexibility index (Phi) is 11.2. The van der Waals surface area contributed by atoms with E-state index in [9.17, 15) is 9.00 Å². The predicted octanol–water partition coefficient (Wildman–Crippen LogP) is 6.83. The van der Waals surface area contributed by atoms with Crippen LogP contribution in [0.2, 0.25) is 5.02 Å². The summed E-state index contributed by atoms with van der Waals surface area (Å²) in [5.74, 6) is 0.201. The molecule has 36 heavy (non-hydrogen) atoms. The zero-order valence-electron chi connectivity index (χ0n) is 21.1. The minimum absolute atomic E-state index is 0.102. The van der Waals surface area contributed by atoms with E-state index in [-0.39, 0.29) is 6.42 Å². The Hall–Kier alpha value is -2.47. The predicted molar refractivity (Wildman–Crippen MR) is 149 cm³/mol. The van der Waals surface area contributed by atoms with Gasteiger partial charge in [0.2, 0.25) is 0 Å². The first kappa shape index (κ1) is 28.1. The molecule has 0 heterocycles. The normalized spacial score (nSPS) is 12.9. The summed E-state index contributed by atoms with van der Waals surface area (Å²) in [5.41, 5.74) is 6.27. The Morgan fingerprint density at radius 2 is 1.72 bits per heavy atom. The smallest absolute Gasteiger partial charge is 0.304 e. The lowest BCUT2D eigenvalue weighted by atomic mass is 9.87. The van der Waals surface area contributed by atoms with Crippen LogP contribution in [0.25, 0.3) is 0 Å². The lowest BCUT2D eigenvalue weighted by Crippen LogP contribution is -2.17. The van der Waals surface area contributed by atoms with Crippen LogP contribution in [0.15, 0.2) is 71.6 Å². The second-order valence-corrected chi connectivity index (χ2v) is 11.4. The van der Waals surface area contributed by atoms with Crippen molar-refractivity contribution < 1.29 is 14.1 Å². The van der Waals surface area contributed by atoms with Gasteiger partial charge >= 0.3 is 5.97 Å². The van der Waals surface area contributed by atoms with E-state index in [1.807, 2.05) is 36.4 Å². The number of rotatable bonds is 14. The van der Waals surface area contributed by atoms with Gasteiger partial charge in [0.25, 0.3) is 0 Å². The highest BCUT2D eigenvalue weighted by molar-refractivity contribution is 7.85. The first-order valence-electron chi connectivity index (χ1n) is 12.5. The van der Waals surface area contributed by atoms with Crippen LogP contribution in [0.5, 0.6) is 0 Å². The molecule has 0 spiro atoms. The molecule has 0 saturated heterocycles. The number of benzene rings is 3. The number of aliphatic carboxylic acids is 1. The lowest BCUT2D eigenvalue weighted by molar-refractivity contribution is -0.136. The summed E-state index contributed by atoms with van der Waals surface area (Å²) < 4.78 is 12.8. The van der Waals surface area contributed by atoms with Gasteiger partial charge in [-0.2, -0.15) is 0 Å². The number of hydrogen-bond donors (Lipinski definition) is 2. The van der Waals surface area contributed by atoms with Crippen LogP contribution < -0.4 is 5.32 Å². The van der Waals surface area contributed by atoms with Crippen LogP contribution in [0.4, 0.5) is 0 Å². The fraction of sp³-hybridized carbons (Fsp3) is 0.367. The molecule has 0 bridgehead atoms. The Morgan fingerprint density at radius 1 is 0.972 bits per heavy atom. The molecule has 0 aliphatic carbocycles. The fourth-order valence-corrected chi connectivity index (χ4v) is 5.63. The molecule has 192 valence electrons. The molecule has 2 unspecified atom stereocenters. The highest BCUT2D eigenvalue weighted by Gasteiger charge is 2.14. The van der Waals surface area contributed by atoms with Crippen LogP contribution in [0.1, 0.15) is 59.4 Å². The minimum atomic E-state index is -1.03.